The molecule has 0 unspecified atom stereocenters. The maximum absolute atomic E-state index is 12.3. The van der Waals surface area contributed by atoms with Crippen molar-refractivity contribution >= 4 is 10.9 Å². The van der Waals surface area contributed by atoms with Gasteiger partial charge in [0, 0.05) is 5.56 Å². The number of unbranched alkanes of at least 4 members (excludes halogenated alkanes) is 2. The Morgan fingerprint density at radius 2 is 1.92 bits per heavy atom. The highest BCUT2D eigenvalue weighted by atomic mass is 16.5. The Labute approximate surface area is 146 Å². The van der Waals surface area contributed by atoms with E-state index in [4.69, 9.17) is 9.47 Å². The van der Waals surface area contributed by atoms with Crippen LogP contribution in [0.5, 0.6) is 11.5 Å². The van der Waals surface area contributed by atoms with Gasteiger partial charge in [-0.3, -0.25) is 4.79 Å². The number of para-hydroxylation sites is 1. The standard InChI is InChI=1S/C20H22N2O3/c1-3-4-7-12-25-18-13-14(10-11-17(18)24-2)19-21-16-9-6-5-8-15(16)20(23)22-19/h5-6,8-11,13H,3-4,7,12H2,1-2H3,(H,21,22,23). The minimum absolute atomic E-state index is 0.151. The van der Waals surface area contributed by atoms with Gasteiger partial charge in [0.15, 0.2) is 11.5 Å². The summed E-state index contributed by atoms with van der Waals surface area (Å²) in [6.07, 6.45) is 3.26. The van der Waals surface area contributed by atoms with E-state index in [1.807, 2.05) is 36.4 Å². The molecule has 0 saturated heterocycles. The number of aromatic amines is 1. The molecule has 0 spiro atoms. The van der Waals surface area contributed by atoms with Crippen LogP contribution in [0.2, 0.25) is 0 Å². The number of rotatable bonds is 7. The lowest BCUT2D eigenvalue weighted by atomic mass is 10.1. The molecule has 0 fully saturated rings. The van der Waals surface area contributed by atoms with Gasteiger partial charge in [0.05, 0.1) is 24.6 Å². The third-order valence-electron chi connectivity index (χ3n) is 4.06. The van der Waals surface area contributed by atoms with Gasteiger partial charge in [-0.25, -0.2) is 4.98 Å². The van der Waals surface area contributed by atoms with Gasteiger partial charge in [0.25, 0.3) is 5.56 Å². The zero-order chi connectivity index (χ0) is 17.6. The van der Waals surface area contributed by atoms with Crippen molar-refractivity contribution in [2.24, 2.45) is 0 Å². The van der Waals surface area contributed by atoms with Crippen molar-refractivity contribution in [3.05, 3.63) is 52.8 Å². The van der Waals surface area contributed by atoms with Crippen molar-refractivity contribution in [2.75, 3.05) is 13.7 Å². The van der Waals surface area contributed by atoms with Crippen LogP contribution in [0.4, 0.5) is 0 Å². The predicted molar refractivity (Wildman–Crippen MR) is 99.4 cm³/mol. The van der Waals surface area contributed by atoms with Crippen LogP contribution in [0.15, 0.2) is 47.3 Å². The number of benzene rings is 2. The van der Waals surface area contributed by atoms with Crippen LogP contribution in [-0.4, -0.2) is 23.7 Å². The second kappa shape index (κ2) is 7.83. The fourth-order valence-corrected chi connectivity index (χ4v) is 2.69. The zero-order valence-corrected chi connectivity index (χ0v) is 14.5. The Morgan fingerprint density at radius 3 is 2.72 bits per heavy atom. The Kier molecular flexibility index (Phi) is 5.33. The Hall–Kier alpha value is -2.82. The first kappa shape index (κ1) is 17.0. The lowest BCUT2D eigenvalue weighted by Crippen LogP contribution is -2.09. The molecule has 130 valence electrons. The molecule has 0 atom stereocenters. The van der Waals surface area contributed by atoms with E-state index in [-0.39, 0.29) is 5.56 Å². The quantitative estimate of drug-likeness (QED) is 0.657. The molecule has 3 rings (SSSR count). The van der Waals surface area contributed by atoms with Crippen LogP contribution >= 0.6 is 0 Å². The summed E-state index contributed by atoms with van der Waals surface area (Å²) in [6, 6.07) is 12.9. The number of fused-ring (bicyclic) bond motifs is 1. The van der Waals surface area contributed by atoms with Gasteiger partial charge in [-0.15, -0.1) is 0 Å². The van der Waals surface area contributed by atoms with Crippen LogP contribution < -0.4 is 15.0 Å². The van der Waals surface area contributed by atoms with Gasteiger partial charge >= 0.3 is 0 Å². The molecule has 1 N–H and O–H groups in total. The summed E-state index contributed by atoms with van der Waals surface area (Å²) in [6.45, 7) is 2.79. The van der Waals surface area contributed by atoms with E-state index in [1.54, 1.807) is 13.2 Å². The fourth-order valence-electron chi connectivity index (χ4n) is 2.69. The van der Waals surface area contributed by atoms with Crippen molar-refractivity contribution in [3.8, 4) is 22.9 Å². The molecule has 2 aromatic carbocycles. The molecule has 0 bridgehead atoms. The second-order valence-electron chi connectivity index (χ2n) is 5.85. The molecule has 3 aromatic rings. The van der Waals surface area contributed by atoms with E-state index in [9.17, 15) is 4.79 Å². The number of hydrogen-bond donors (Lipinski definition) is 1. The Morgan fingerprint density at radius 1 is 1.08 bits per heavy atom. The molecule has 0 saturated carbocycles. The van der Waals surface area contributed by atoms with E-state index in [0.717, 1.165) is 24.8 Å². The first-order valence-electron chi connectivity index (χ1n) is 8.53. The topological polar surface area (TPSA) is 64.2 Å². The Bertz CT molecular complexity index is 918. The average Bonchev–Trinajstić information content (AvgIpc) is 2.65. The summed E-state index contributed by atoms with van der Waals surface area (Å²) >= 11 is 0. The molecule has 0 aliphatic heterocycles. The minimum atomic E-state index is -0.151. The lowest BCUT2D eigenvalue weighted by molar-refractivity contribution is 0.286. The molecule has 1 aromatic heterocycles. The molecule has 0 aliphatic rings. The largest absolute Gasteiger partial charge is 0.493 e. The highest BCUT2D eigenvalue weighted by Crippen LogP contribution is 2.31. The summed E-state index contributed by atoms with van der Waals surface area (Å²) in [4.78, 5) is 19.7. The monoisotopic (exact) mass is 338 g/mol. The van der Waals surface area contributed by atoms with E-state index in [0.29, 0.717) is 34.8 Å². The van der Waals surface area contributed by atoms with Crippen LogP contribution in [0.1, 0.15) is 26.2 Å². The van der Waals surface area contributed by atoms with Gasteiger partial charge in [0.2, 0.25) is 0 Å². The third-order valence-corrected chi connectivity index (χ3v) is 4.06. The van der Waals surface area contributed by atoms with Crippen LogP contribution in [0.25, 0.3) is 22.3 Å². The lowest BCUT2D eigenvalue weighted by Gasteiger charge is -2.12. The van der Waals surface area contributed by atoms with E-state index < -0.39 is 0 Å². The van der Waals surface area contributed by atoms with Crippen molar-refractivity contribution < 1.29 is 9.47 Å². The molecule has 0 aliphatic carbocycles. The van der Waals surface area contributed by atoms with Crippen LogP contribution in [0, 0.1) is 0 Å². The van der Waals surface area contributed by atoms with E-state index in [1.165, 1.54) is 0 Å². The third kappa shape index (κ3) is 3.82. The number of ether oxygens (including phenoxy) is 2. The molecule has 0 amide bonds. The molecule has 25 heavy (non-hydrogen) atoms. The number of aromatic nitrogens is 2. The minimum Gasteiger partial charge on any atom is -0.493 e. The smallest absolute Gasteiger partial charge is 0.259 e. The Balaban J connectivity index is 1.95. The highest BCUT2D eigenvalue weighted by Gasteiger charge is 2.10. The van der Waals surface area contributed by atoms with Crippen molar-refractivity contribution in [1.29, 1.82) is 0 Å². The molecule has 1 heterocycles. The summed E-state index contributed by atoms with van der Waals surface area (Å²) < 4.78 is 11.2. The molecule has 5 heteroatoms. The van der Waals surface area contributed by atoms with Gasteiger partial charge in [0.1, 0.15) is 5.82 Å². The summed E-state index contributed by atoms with van der Waals surface area (Å²) in [5.74, 6) is 1.85. The van der Waals surface area contributed by atoms with Gasteiger partial charge in [-0.05, 0) is 36.8 Å². The zero-order valence-electron chi connectivity index (χ0n) is 14.5. The van der Waals surface area contributed by atoms with E-state index in [2.05, 4.69) is 16.9 Å². The number of H-pyrrole nitrogens is 1. The maximum Gasteiger partial charge on any atom is 0.259 e. The molecular formula is C20H22N2O3. The molecule has 5 nitrogen and oxygen atoms in total. The number of nitrogens with zero attached hydrogens (tertiary/aromatic N) is 1. The van der Waals surface area contributed by atoms with Crippen molar-refractivity contribution in [3.63, 3.8) is 0 Å². The predicted octanol–water partition coefficient (Wildman–Crippen LogP) is 4.17. The first-order chi connectivity index (χ1) is 12.2. The van der Waals surface area contributed by atoms with Crippen LogP contribution in [-0.2, 0) is 0 Å². The first-order valence-corrected chi connectivity index (χ1v) is 8.53. The number of hydrogen-bond acceptors (Lipinski definition) is 4. The van der Waals surface area contributed by atoms with Crippen LogP contribution in [0.3, 0.4) is 0 Å². The van der Waals surface area contributed by atoms with E-state index >= 15 is 0 Å². The molecule has 0 radical (unpaired) electrons. The fraction of sp³-hybridized carbons (Fsp3) is 0.300. The maximum atomic E-state index is 12.3. The van der Waals surface area contributed by atoms with Gasteiger partial charge in [-0.2, -0.15) is 0 Å². The SMILES string of the molecule is CCCCCOc1cc(-c2nc3ccccc3c(=O)[nH]2)ccc1OC. The highest BCUT2D eigenvalue weighted by molar-refractivity contribution is 5.79. The average molecular weight is 338 g/mol. The normalized spacial score (nSPS) is 10.8. The van der Waals surface area contributed by atoms with Gasteiger partial charge < -0.3 is 14.5 Å². The van der Waals surface area contributed by atoms with Crippen molar-refractivity contribution in [1.82, 2.24) is 9.97 Å². The van der Waals surface area contributed by atoms with Crippen molar-refractivity contribution in [2.45, 2.75) is 26.2 Å². The number of nitrogens with one attached hydrogen (secondary N) is 1. The summed E-state index contributed by atoms with van der Waals surface area (Å²) in [7, 11) is 1.62. The molecular weight excluding hydrogens is 316 g/mol. The summed E-state index contributed by atoms with van der Waals surface area (Å²) in [5.41, 5.74) is 1.30. The van der Waals surface area contributed by atoms with Gasteiger partial charge in [-0.1, -0.05) is 31.9 Å². The summed E-state index contributed by atoms with van der Waals surface area (Å²) in [5, 5.41) is 0.579. The number of methoxy groups -OCH3 is 1. The second-order valence-corrected chi connectivity index (χ2v) is 5.85.